The number of hydrogen-bond donors (Lipinski definition) is 1. The van der Waals surface area contributed by atoms with Gasteiger partial charge in [-0.25, -0.2) is 0 Å². The van der Waals surface area contributed by atoms with Crippen LogP contribution in [-0.4, -0.2) is 38.5 Å². The fourth-order valence-corrected chi connectivity index (χ4v) is 1.44. The number of rotatable bonds is 11. The molecule has 1 N–H and O–H groups in total. The number of nitrogens with one attached hydrogen (secondary N) is 1. The van der Waals surface area contributed by atoms with Crippen LogP contribution in [-0.2, 0) is 9.47 Å². The van der Waals surface area contributed by atoms with Crippen molar-refractivity contribution in [2.24, 2.45) is 0 Å². The molecule has 0 aromatic rings. The summed E-state index contributed by atoms with van der Waals surface area (Å²) >= 11 is 0. The second-order valence-electron chi connectivity index (χ2n) is 5.38. The molecule has 0 bridgehead atoms. The van der Waals surface area contributed by atoms with Crippen molar-refractivity contribution in [3.8, 4) is 0 Å². The summed E-state index contributed by atoms with van der Waals surface area (Å²) in [5, 5.41) is 3.40. The zero-order valence-corrected chi connectivity index (χ0v) is 12.2. The van der Waals surface area contributed by atoms with Crippen LogP contribution >= 0.6 is 0 Å². The van der Waals surface area contributed by atoms with Gasteiger partial charge in [0, 0.05) is 6.61 Å². The summed E-state index contributed by atoms with van der Waals surface area (Å²) in [5.41, 5.74) is -0.0473. The zero-order chi connectivity index (χ0) is 13.0. The molecule has 0 atom stereocenters. The molecule has 0 aliphatic carbocycles. The molecule has 3 heteroatoms. The molecular weight excluding hydrogens is 214 g/mol. The predicted molar refractivity (Wildman–Crippen MR) is 73.5 cm³/mol. The number of hydrogen-bond acceptors (Lipinski definition) is 3. The maximum atomic E-state index is 5.57. The Bertz CT molecular complexity index is 155. The van der Waals surface area contributed by atoms with Crippen molar-refractivity contribution in [1.82, 2.24) is 5.32 Å². The van der Waals surface area contributed by atoms with Gasteiger partial charge in [-0.2, -0.15) is 0 Å². The first-order valence-electron chi connectivity index (χ1n) is 6.98. The Kier molecular flexibility index (Phi) is 10.9. The van der Waals surface area contributed by atoms with Crippen LogP contribution in [0.3, 0.4) is 0 Å². The van der Waals surface area contributed by atoms with Crippen molar-refractivity contribution < 1.29 is 9.47 Å². The highest BCUT2D eigenvalue weighted by Gasteiger charge is 2.08. The van der Waals surface area contributed by atoms with E-state index in [1.165, 1.54) is 19.3 Å². The SMILES string of the molecule is CCCNCCCCCOCCOC(C)(C)C. The predicted octanol–water partition coefficient (Wildman–Crippen LogP) is 2.99. The average molecular weight is 245 g/mol. The van der Waals surface area contributed by atoms with Gasteiger partial charge in [0.1, 0.15) is 0 Å². The molecule has 104 valence electrons. The molecule has 0 saturated carbocycles. The van der Waals surface area contributed by atoms with Crippen molar-refractivity contribution in [2.45, 2.75) is 59.0 Å². The first-order chi connectivity index (χ1) is 8.06. The van der Waals surface area contributed by atoms with Crippen LogP contribution in [0.5, 0.6) is 0 Å². The molecule has 3 nitrogen and oxygen atoms in total. The van der Waals surface area contributed by atoms with Crippen LogP contribution in [0, 0.1) is 0 Å². The molecule has 0 aromatic carbocycles. The Morgan fingerprint density at radius 1 is 0.882 bits per heavy atom. The highest BCUT2D eigenvalue weighted by molar-refractivity contribution is 4.57. The monoisotopic (exact) mass is 245 g/mol. The van der Waals surface area contributed by atoms with Crippen LogP contribution in [0.1, 0.15) is 53.4 Å². The van der Waals surface area contributed by atoms with Gasteiger partial charge in [-0.1, -0.05) is 6.92 Å². The van der Waals surface area contributed by atoms with Crippen molar-refractivity contribution in [1.29, 1.82) is 0 Å². The van der Waals surface area contributed by atoms with Crippen LogP contribution in [0.15, 0.2) is 0 Å². The van der Waals surface area contributed by atoms with Gasteiger partial charge in [0.25, 0.3) is 0 Å². The largest absolute Gasteiger partial charge is 0.379 e. The lowest BCUT2D eigenvalue weighted by atomic mass is 10.2. The third-order valence-electron chi connectivity index (χ3n) is 2.33. The molecule has 0 unspecified atom stereocenters. The summed E-state index contributed by atoms with van der Waals surface area (Å²) < 4.78 is 11.1. The minimum atomic E-state index is -0.0473. The van der Waals surface area contributed by atoms with E-state index in [0.717, 1.165) is 26.1 Å². The Morgan fingerprint density at radius 3 is 2.29 bits per heavy atom. The zero-order valence-electron chi connectivity index (χ0n) is 12.2. The van der Waals surface area contributed by atoms with Gasteiger partial charge < -0.3 is 14.8 Å². The minimum Gasteiger partial charge on any atom is -0.379 e. The standard InChI is InChI=1S/C14H31NO2/c1-5-9-15-10-7-6-8-11-16-12-13-17-14(2,3)4/h15H,5-13H2,1-4H3. The molecule has 0 rings (SSSR count). The van der Waals surface area contributed by atoms with Gasteiger partial charge in [-0.3, -0.25) is 0 Å². The van der Waals surface area contributed by atoms with E-state index >= 15 is 0 Å². The molecule has 0 aliphatic rings. The van der Waals surface area contributed by atoms with E-state index < -0.39 is 0 Å². The molecule has 0 spiro atoms. The van der Waals surface area contributed by atoms with Crippen molar-refractivity contribution in [3.05, 3.63) is 0 Å². The fourth-order valence-electron chi connectivity index (χ4n) is 1.44. The van der Waals surface area contributed by atoms with Gasteiger partial charge in [0.05, 0.1) is 18.8 Å². The van der Waals surface area contributed by atoms with Gasteiger partial charge in [0.2, 0.25) is 0 Å². The molecule has 0 amide bonds. The van der Waals surface area contributed by atoms with E-state index in [1.54, 1.807) is 0 Å². The average Bonchev–Trinajstić information content (AvgIpc) is 2.24. The van der Waals surface area contributed by atoms with E-state index in [-0.39, 0.29) is 5.60 Å². The number of unbranched alkanes of at least 4 members (excludes halogenated alkanes) is 2. The van der Waals surface area contributed by atoms with Gasteiger partial charge in [-0.05, 0) is 59.5 Å². The Labute approximate surface area is 107 Å². The van der Waals surface area contributed by atoms with Crippen LogP contribution in [0.25, 0.3) is 0 Å². The first-order valence-corrected chi connectivity index (χ1v) is 6.98. The van der Waals surface area contributed by atoms with Crippen molar-refractivity contribution >= 4 is 0 Å². The molecule has 0 radical (unpaired) electrons. The van der Waals surface area contributed by atoms with E-state index in [4.69, 9.17) is 9.47 Å². The summed E-state index contributed by atoms with van der Waals surface area (Å²) in [7, 11) is 0. The summed E-state index contributed by atoms with van der Waals surface area (Å²) in [5.74, 6) is 0. The summed E-state index contributed by atoms with van der Waals surface area (Å²) in [4.78, 5) is 0. The van der Waals surface area contributed by atoms with Crippen LogP contribution < -0.4 is 5.32 Å². The fraction of sp³-hybridized carbons (Fsp3) is 1.00. The maximum absolute atomic E-state index is 5.57. The third kappa shape index (κ3) is 15.9. The Morgan fingerprint density at radius 2 is 1.65 bits per heavy atom. The quantitative estimate of drug-likeness (QED) is 0.568. The van der Waals surface area contributed by atoms with Gasteiger partial charge in [-0.15, -0.1) is 0 Å². The Balaban J connectivity index is 2.99. The minimum absolute atomic E-state index is 0.0473. The van der Waals surface area contributed by atoms with E-state index in [9.17, 15) is 0 Å². The second-order valence-corrected chi connectivity index (χ2v) is 5.38. The summed E-state index contributed by atoms with van der Waals surface area (Å²) in [6, 6.07) is 0. The molecule has 0 fully saturated rings. The lowest BCUT2D eigenvalue weighted by Crippen LogP contribution is -2.21. The smallest absolute Gasteiger partial charge is 0.0707 e. The molecular formula is C14H31NO2. The maximum Gasteiger partial charge on any atom is 0.0707 e. The second kappa shape index (κ2) is 11.0. The lowest BCUT2D eigenvalue weighted by molar-refractivity contribution is -0.0351. The van der Waals surface area contributed by atoms with E-state index in [0.29, 0.717) is 13.2 Å². The third-order valence-corrected chi connectivity index (χ3v) is 2.33. The number of ether oxygens (including phenoxy) is 2. The Hall–Kier alpha value is -0.120. The molecule has 0 heterocycles. The van der Waals surface area contributed by atoms with Crippen LogP contribution in [0.4, 0.5) is 0 Å². The van der Waals surface area contributed by atoms with Crippen molar-refractivity contribution in [3.63, 3.8) is 0 Å². The first kappa shape index (κ1) is 16.9. The lowest BCUT2D eigenvalue weighted by Gasteiger charge is -2.19. The summed E-state index contributed by atoms with van der Waals surface area (Å²) in [6.45, 7) is 12.9. The molecule has 17 heavy (non-hydrogen) atoms. The van der Waals surface area contributed by atoms with Crippen LogP contribution in [0.2, 0.25) is 0 Å². The highest BCUT2D eigenvalue weighted by Crippen LogP contribution is 2.05. The topological polar surface area (TPSA) is 30.5 Å². The molecule has 0 aliphatic heterocycles. The van der Waals surface area contributed by atoms with Gasteiger partial charge in [0.15, 0.2) is 0 Å². The normalized spacial score (nSPS) is 12.0. The van der Waals surface area contributed by atoms with Gasteiger partial charge >= 0.3 is 0 Å². The van der Waals surface area contributed by atoms with E-state index in [2.05, 4.69) is 33.0 Å². The molecule has 0 aromatic heterocycles. The summed E-state index contributed by atoms with van der Waals surface area (Å²) in [6.07, 6.45) is 4.87. The highest BCUT2D eigenvalue weighted by atomic mass is 16.5. The van der Waals surface area contributed by atoms with Crippen molar-refractivity contribution in [2.75, 3.05) is 32.9 Å². The van der Waals surface area contributed by atoms with E-state index in [1.807, 2.05) is 0 Å². The molecule has 0 saturated heterocycles.